The van der Waals surface area contributed by atoms with Crippen LogP contribution in [0.25, 0.3) is 32.8 Å². The predicted molar refractivity (Wildman–Crippen MR) is 168 cm³/mol. The van der Waals surface area contributed by atoms with Gasteiger partial charge in [0.25, 0.3) is 0 Å². The van der Waals surface area contributed by atoms with E-state index in [-0.39, 0.29) is 30.3 Å². The van der Waals surface area contributed by atoms with Crippen LogP contribution in [-0.4, -0.2) is 33.1 Å². The van der Waals surface area contributed by atoms with Crippen molar-refractivity contribution in [2.45, 2.75) is 64.4 Å². The van der Waals surface area contributed by atoms with Crippen LogP contribution in [0.15, 0.2) is 72.8 Å². The van der Waals surface area contributed by atoms with Gasteiger partial charge in [-0.3, -0.25) is 4.79 Å². The number of hydrogen-bond acceptors (Lipinski definition) is 5. The Balaban J connectivity index is 1.33. The molecule has 1 aliphatic heterocycles. The van der Waals surface area contributed by atoms with Gasteiger partial charge in [-0.2, -0.15) is 0 Å². The van der Waals surface area contributed by atoms with Crippen molar-refractivity contribution in [2.24, 2.45) is 17.8 Å². The summed E-state index contributed by atoms with van der Waals surface area (Å²) in [5.41, 5.74) is 5.99. The largest absolute Gasteiger partial charge is 0.487 e. The molecule has 42 heavy (non-hydrogen) atoms. The molecule has 0 saturated heterocycles. The first-order chi connectivity index (χ1) is 20.3. The number of ether oxygens (including phenoxy) is 1. The monoisotopic (exact) mass is 558 g/mol. The molecule has 214 valence electrons. The molecule has 0 bridgehead atoms. The summed E-state index contributed by atoms with van der Waals surface area (Å²) in [7, 11) is 0. The van der Waals surface area contributed by atoms with E-state index in [1.54, 1.807) is 0 Å². The number of ketones is 1. The van der Waals surface area contributed by atoms with Crippen molar-refractivity contribution in [3.8, 4) is 5.75 Å². The van der Waals surface area contributed by atoms with Crippen LogP contribution in [0.2, 0.25) is 0 Å². The molecule has 5 aromatic rings. The molecule has 5 heteroatoms. The van der Waals surface area contributed by atoms with Crippen LogP contribution in [0.5, 0.6) is 5.75 Å². The summed E-state index contributed by atoms with van der Waals surface area (Å²) < 4.78 is 6.87. The molecule has 1 saturated carbocycles. The number of aliphatic hydroxyl groups excluding tert-OH is 1. The summed E-state index contributed by atoms with van der Waals surface area (Å²) in [4.78, 5) is 23.8. The molecule has 4 atom stereocenters. The summed E-state index contributed by atoms with van der Waals surface area (Å²) in [6.07, 6.45) is 4.45. The molecule has 2 heterocycles. The maximum absolute atomic E-state index is 13.4. The molecule has 1 fully saturated rings. The van der Waals surface area contributed by atoms with Crippen molar-refractivity contribution in [2.75, 3.05) is 6.61 Å². The van der Waals surface area contributed by atoms with E-state index in [1.807, 2.05) is 54.6 Å². The first-order valence-corrected chi connectivity index (χ1v) is 15.4. The molecule has 5 nitrogen and oxygen atoms in total. The van der Waals surface area contributed by atoms with Crippen molar-refractivity contribution in [3.63, 3.8) is 0 Å². The van der Waals surface area contributed by atoms with Crippen LogP contribution >= 0.6 is 0 Å². The molecule has 0 radical (unpaired) electrons. The van der Waals surface area contributed by atoms with Gasteiger partial charge in [0.1, 0.15) is 11.4 Å². The zero-order chi connectivity index (χ0) is 29.0. The number of hydrogen-bond donors (Lipinski definition) is 1. The molecule has 1 aliphatic carbocycles. The first-order valence-electron chi connectivity index (χ1n) is 15.4. The van der Waals surface area contributed by atoms with Gasteiger partial charge in [0.05, 0.1) is 22.1 Å². The molecule has 7 rings (SSSR count). The van der Waals surface area contributed by atoms with Crippen molar-refractivity contribution in [3.05, 3.63) is 89.5 Å². The third-order valence-corrected chi connectivity index (χ3v) is 9.75. The minimum atomic E-state index is -0.249. The fourth-order valence-electron chi connectivity index (χ4n) is 7.60. The highest BCUT2D eigenvalue weighted by molar-refractivity contribution is 6.11. The van der Waals surface area contributed by atoms with Crippen LogP contribution in [0.1, 0.15) is 73.9 Å². The highest BCUT2D eigenvalue weighted by Gasteiger charge is 2.47. The van der Waals surface area contributed by atoms with Crippen LogP contribution in [0.3, 0.4) is 0 Å². The molecule has 1 aromatic heterocycles. The predicted octanol–water partition coefficient (Wildman–Crippen LogP) is 8.05. The van der Waals surface area contributed by atoms with Gasteiger partial charge in [0.2, 0.25) is 0 Å². The third-order valence-electron chi connectivity index (χ3n) is 9.75. The highest BCUT2D eigenvalue weighted by Crippen LogP contribution is 2.56. The summed E-state index contributed by atoms with van der Waals surface area (Å²) >= 11 is 0. The molecule has 0 amide bonds. The molecular weight excluding hydrogens is 520 g/mol. The number of nitrogens with zero attached hydrogens (tertiary/aromatic N) is 2. The van der Waals surface area contributed by atoms with Gasteiger partial charge in [-0.15, -0.1) is 0 Å². The number of aliphatic hydroxyl groups is 1. The van der Waals surface area contributed by atoms with Crippen molar-refractivity contribution in [1.29, 1.82) is 0 Å². The van der Waals surface area contributed by atoms with E-state index >= 15 is 0 Å². The second-order valence-corrected chi connectivity index (χ2v) is 13.1. The first kappa shape index (κ1) is 27.0. The van der Waals surface area contributed by atoms with Crippen LogP contribution in [0, 0.1) is 17.8 Å². The number of carbonyl (C=O) groups is 1. The Morgan fingerprint density at radius 2 is 1.69 bits per heavy atom. The van der Waals surface area contributed by atoms with E-state index in [4.69, 9.17) is 14.7 Å². The van der Waals surface area contributed by atoms with Gasteiger partial charge in [0.15, 0.2) is 5.78 Å². The quantitative estimate of drug-likeness (QED) is 0.130. The Morgan fingerprint density at radius 1 is 0.952 bits per heavy atom. The average Bonchev–Trinajstić information content (AvgIpc) is 2.99. The molecule has 4 aromatic carbocycles. The molecule has 1 unspecified atom stereocenters. The summed E-state index contributed by atoms with van der Waals surface area (Å²) in [6, 6.07) is 24.0. The maximum Gasteiger partial charge on any atom is 0.163 e. The minimum absolute atomic E-state index is 0.0127. The van der Waals surface area contributed by atoms with Crippen molar-refractivity contribution in [1.82, 2.24) is 9.97 Å². The van der Waals surface area contributed by atoms with Crippen LogP contribution in [0.4, 0.5) is 0 Å². The van der Waals surface area contributed by atoms with E-state index in [1.165, 1.54) is 12.0 Å². The lowest BCUT2D eigenvalue weighted by Gasteiger charge is -2.49. The Morgan fingerprint density at radius 3 is 2.48 bits per heavy atom. The summed E-state index contributed by atoms with van der Waals surface area (Å²) in [6.45, 7) is 6.82. The fraction of sp³-hybridized carbons (Fsp3) is 0.378. The molecular formula is C37H38N2O3. The Labute approximate surface area is 247 Å². The van der Waals surface area contributed by atoms with Gasteiger partial charge in [-0.1, -0.05) is 67.9 Å². The van der Waals surface area contributed by atoms with Gasteiger partial charge in [0, 0.05) is 40.8 Å². The Kier molecular flexibility index (Phi) is 6.73. The standard InChI is InChI=1S/C37H38N2O3/c1-22-13-15-29-28(17-22)33-35-34(26-11-7-8-12-27(26)36(33)42-37(29,2)3)39-31-20-25(14-16-30(31)38-35)32(41)19-24(21-40)18-23-9-5-4-6-10-23/h4-12,14,16,20,22,24,28-29,40H,13,15,17-19,21H2,1-3H3/t22-,24?,28-,29-/m1/s1. The van der Waals surface area contributed by atoms with Crippen molar-refractivity contribution < 1.29 is 14.6 Å². The zero-order valence-electron chi connectivity index (χ0n) is 24.6. The lowest BCUT2D eigenvalue weighted by Crippen LogP contribution is -2.46. The smallest absolute Gasteiger partial charge is 0.163 e. The van der Waals surface area contributed by atoms with Gasteiger partial charge in [-0.05, 0) is 74.6 Å². The summed E-state index contributed by atoms with van der Waals surface area (Å²) in [5, 5.41) is 12.1. The number of fused-ring (bicyclic) bond motifs is 9. The van der Waals surface area contributed by atoms with E-state index < -0.39 is 0 Å². The number of Topliss-reactive ketones (excluding diaryl/α,β-unsaturated/α-hetero) is 1. The molecule has 1 N–H and O–H groups in total. The van der Waals surface area contributed by atoms with Gasteiger partial charge < -0.3 is 9.84 Å². The van der Waals surface area contributed by atoms with E-state index in [9.17, 15) is 9.90 Å². The highest BCUT2D eigenvalue weighted by atomic mass is 16.5. The normalized spacial score (nSPS) is 22.0. The fourth-order valence-corrected chi connectivity index (χ4v) is 7.60. The topological polar surface area (TPSA) is 72.3 Å². The van der Waals surface area contributed by atoms with Crippen LogP contribution < -0.4 is 4.74 Å². The van der Waals surface area contributed by atoms with Gasteiger partial charge >= 0.3 is 0 Å². The lowest BCUT2D eigenvalue weighted by atomic mass is 9.64. The Bertz CT molecular complexity index is 1810. The second kappa shape index (κ2) is 10.5. The van der Waals surface area contributed by atoms with E-state index in [0.29, 0.717) is 35.3 Å². The lowest BCUT2D eigenvalue weighted by molar-refractivity contribution is -0.0115. The second-order valence-electron chi connectivity index (χ2n) is 13.1. The van der Waals surface area contributed by atoms with Gasteiger partial charge in [-0.25, -0.2) is 9.97 Å². The summed E-state index contributed by atoms with van der Waals surface area (Å²) in [5.74, 6) is 2.29. The zero-order valence-corrected chi connectivity index (χ0v) is 24.6. The van der Waals surface area contributed by atoms with Crippen LogP contribution in [-0.2, 0) is 6.42 Å². The van der Waals surface area contributed by atoms with E-state index in [2.05, 4.69) is 39.0 Å². The van der Waals surface area contributed by atoms with Crippen molar-refractivity contribution >= 4 is 38.6 Å². The molecule has 2 aliphatic rings. The maximum atomic E-state index is 13.4. The van der Waals surface area contributed by atoms with E-state index in [0.717, 1.165) is 51.5 Å². The SMILES string of the molecule is C[C@@H]1CC[C@@H]2[C@@H](C1)c1c(c3ccccc3c3nc4cc(C(=O)CC(CO)Cc5ccccc5)ccc4nc13)OC2(C)C. The minimum Gasteiger partial charge on any atom is -0.487 e. The Hall–Kier alpha value is -3.83. The number of carbonyl (C=O) groups excluding carboxylic acids is 1. The number of rotatable bonds is 6. The average molecular weight is 559 g/mol. The molecule has 0 spiro atoms. The number of aromatic nitrogens is 2. The third kappa shape index (κ3) is 4.64. The number of benzene rings is 4.